The second-order valence-corrected chi connectivity index (χ2v) is 5.71. The van der Waals surface area contributed by atoms with Gasteiger partial charge in [0.05, 0.1) is 12.5 Å². The van der Waals surface area contributed by atoms with E-state index in [0.717, 1.165) is 24.0 Å². The SMILES string of the molecule is O=C(O)[C@H]1Cc2ccccc2CN1C(=O)[C@@H]1CCCOC1. The molecule has 1 saturated heterocycles. The van der Waals surface area contributed by atoms with Gasteiger partial charge >= 0.3 is 5.97 Å². The van der Waals surface area contributed by atoms with Crippen LogP contribution in [0.5, 0.6) is 0 Å². The lowest BCUT2D eigenvalue weighted by atomic mass is 9.91. The summed E-state index contributed by atoms with van der Waals surface area (Å²) in [5.41, 5.74) is 2.06. The molecule has 1 N–H and O–H groups in total. The van der Waals surface area contributed by atoms with E-state index in [1.807, 2.05) is 24.3 Å². The molecule has 1 fully saturated rings. The molecule has 3 rings (SSSR count). The molecule has 2 atom stereocenters. The summed E-state index contributed by atoms with van der Waals surface area (Å²) < 4.78 is 5.36. The van der Waals surface area contributed by atoms with E-state index in [1.54, 1.807) is 0 Å². The first kappa shape index (κ1) is 14.1. The van der Waals surface area contributed by atoms with Gasteiger partial charge in [-0.3, -0.25) is 4.79 Å². The molecule has 0 aromatic heterocycles. The van der Waals surface area contributed by atoms with E-state index in [-0.39, 0.29) is 11.8 Å². The van der Waals surface area contributed by atoms with Crippen LogP contribution in [0.3, 0.4) is 0 Å². The van der Waals surface area contributed by atoms with Crippen LogP contribution in [0.4, 0.5) is 0 Å². The van der Waals surface area contributed by atoms with Crippen molar-refractivity contribution in [1.82, 2.24) is 4.90 Å². The largest absolute Gasteiger partial charge is 0.480 e. The second kappa shape index (κ2) is 5.85. The molecule has 2 aliphatic heterocycles. The molecule has 1 aromatic rings. The molecule has 1 aromatic carbocycles. The third-order valence-corrected chi connectivity index (χ3v) is 4.33. The lowest BCUT2D eigenvalue weighted by Crippen LogP contribution is -2.51. The number of rotatable bonds is 2. The van der Waals surface area contributed by atoms with Crippen LogP contribution in [-0.4, -0.2) is 41.1 Å². The average Bonchev–Trinajstić information content (AvgIpc) is 2.53. The Bertz CT molecular complexity index is 551. The minimum atomic E-state index is -0.936. The normalized spacial score (nSPS) is 25.2. The van der Waals surface area contributed by atoms with Crippen molar-refractivity contribution in [3.63, 3.8) is 0 Å². The van der Waals surface area contributed by atoms with Crippen molar-refractivity contribution in [3.8, 4) is 0 Å². The fraction of sp³-hybridized carbons (Fsp3) is 0.500. The predicted molar refractivity (Wildman–Crippen MR) is 75.7 cm³/mol. The maximum atomic E-state index is 12.7. The second-order valence-electron chi connectivity index (χ2n) is 5.71. The van der Waals surface area contributed by atoms with Crippen molar-refractivity contribution in [1.29, 1.82) is 0 Å². The molecule has 21 heavy (non-hydrogen) atoms. The van der Waals surface area contributed by atoms with E-state index in [9.17, 15) is 14.7 Å². The Morgan fingerprint density at radius 2 is 2.00 bits per heavy atom. The standard InChI is InChI=1S/C16H19NO4/c18-15(13-6-3-7-21-10-13)17-9-12-5-2-1-4-11(12)8-14(17)16(19)20/h1-2,4-5,13-14H,3,6-10H2,(H,19,20)/t13-,14-/m1/s1. The Labute approximate surface area is 123 Å². The van der Waals surface area contributed by atoms with Crippen LogP contribution in [-0.2, 0) is 27.3 Å². The fourth-order valence-corrected chi connectivity index (χ4v) is 3.15. The van der Waals surface area contributed by atoms with Crippen molar-refractivity contribution in [2.45, 2.75) is 31.8 Å². The molecule has 0 radical (unpaired) electrons. The van der Waals surface area contributed by atoms with Gasteiger partial charge in [0.25, 0.3) is 0 Å². The Balaban J connectivity index is 1.85. The summed E-state index contributed by atoms with van der Waals surface area (Å²) in [5.74, 6) is -1.22. The predicted octanol–water partition coefficient (Wildman–Crippen LogP) is 1.45. The topological polar surface area (TPSA) is 66.8 Å². The highest BCUT2D eigenvalue weighted by Crippen LogP contribution is 2.27. The summed E-state index contributed by atoms with van der Waals surface area (Å²) >= 11 is 0. The third-order valence-electron chi connectivity index (χ3n) is 4.33. The highest BCUT2D eigenvalue weighted by molar-refractivity contribution is 5.86. The fourth-order valence-electron chi connectivity index (χ4n) is 3.15. The molecule has 2 aliphatic rings. The van der Waals surface area contributed by atoms with Gasteiger partial charge in [-0.2, -0.15) is 0 Å². The number of carboxylic acids is 1. The van der Waals surface area contributed by atoms with Crippen LogP contribution in [0.1, 0.15) is 24.0 Å². The van der Waals surface area contributed by atoms with Gasteiger partial charge in [-0.25, -0.2) is 4.79 Å². The van der Waals surface area contributed by atoms with Gasteiger partial charge in [-0.1, -0.05) is 24.3 Å². The van der Waals surface area contributed by atoms with Crippen molar-refractivity contribution < 1.29 is 19.4 Å². The summed E-state index contributed by atoms with van der Waals surface area (Å²) in [4.78, 5) is 25.7. The quantitative estimate of drug-likeness (QED) is 0.895. The maximum Gasteiger partial charge on any atom is 0.326 e. The highest BCUT2D eigenvalue weighted by Gasteiger charge is 2.37. The number of carbonyl (C=O) groups excluding carboxylic acids is 1. The van der Waals surface area contributed by atoms with Gasteiger partial charge in [0.1, 0.15) is 6.04 Å². The van der Waals surface area contributed by atoms with E-state index in [0.29, 0.717) is 26.2 Å². The summed E-state index contributed by atoms with van der Waals surface area (Å²) in [7, 11) is 0. The monoisotopic (exact) mass is 289 g/mol. The minimum Gasteiger partial charge on any atom is -0.480 e. The number of aliphatic carboxylic acids is 1. The van der Waals surface area contributed by atoms with E-state index in [4.69, 9.17) is 4.74 Å². The number of nitrogens with zero attached hydrogens (tertiary/aromatic N) is 1. The van der Waals surface area contributed by atoms with Crippen molar-refractivity contribution in [2.75, 3.05) is 13.2 Å². The maximum absolute atomic E-state index is 12.7. The van der Waals surface area contributed by atoms with Gasteiger partial charge in [0, 0.05) is 19.6 Å². The Morgan fingerprint density at radius 3 is 2.67 bits per heavy atom. The molecule has 112 valence electrons. The van der Waals surface area contributed by atoms with E-state index in [1.165, 1.54) is 4.90 Å². The molecular formula is C16H19NO4. The summed E-state index contributed by atoms with van der Waals surface area (Å²) in [6.45, 7) is 1.47. The van der Waals surface area contributed by atoms with Crippen LogP contribution >= 0.6 is 0 Å². The molecule has 0 aliphatic carbocycles. The zero-order chi connectivity index (χ0) is 14.8. The molecule has 0 bridgehead atoms. The molecule has 0 unspecified atom stereocenters. The Kier molecular flexibility index (Phi) is 3.92. The zero-order valence-corrected chi connectivity index (χ0v) is 11.8. The molecule has 5 heteroatoms. The van der Waals surface area contributed by atoms with Crippen molar-refractivity contribution in [3.05, 3.63) is 35.4 Å². The van der Waals surface area contributed by atoms with E-state index < -0.39 is 12.0 Å². The number of hydrogen-bond donors (Lipinski definition) is 1. The first-order chi connectivity index (χ1) is 10.2. The number of amides is 1. The van der Waals surface area contributed by atoms with Gasteiger partial charge in [-0.05, 0) is 24.0 Å². The lowest BCUT2D eigenvalue weighted by Gasteiger charge is -2.37. The number of carbonyl (C=O) groups is 2. The smallest absolute Gasteiger partial charge is 0.326 e. The zero-order valence-electron chi connectivity index (χ0n) is 11.8. The van der Waals surface area contributed by atoms with Crippen LogP contribution in [0, 0.1) is 5.92 Å². The van der Waals surface area contributed by atoms with Gasteiger partial charge < -0.3 is 14.7 Å². The first-order valence-corrected chi connectivity index (χ1v) is 7.34. The molecule has 5 nitrogen and oxygen atoms in total. The third kappa shape index (κ3) is 2.78. The number of hydrogen-bond acceptors (Lipinski definition) is 3. The average molecular weight is 289 g/mol. The van der Waals surface area contributed by atoms with E-state index in [2.05, 4.69) is 0 Å². The lowest BCUT2D eigenvalue weighted by molar-refractivity contribution is -0.155. The van der Waals surface area contributed by atoms with E-state index >= 15 is 0 Å². The number of carboxylic acid groups (broad SMARTS) is 1. The van der Waals surface area contributed by atoms with Crippen LogP contribution in [0.15, 0.2) is 24.3 Å². The Hall–Kier alpha value is -1.88. The molecule has 0 saturated carbocycles. The Morgan fingerprint density at radius 1 is 1.24 bits per heavy atom. The van der Waals surface area contributed by atoms with Crippen molar-refractivity contribution in [2.24, 2.45) is 5.92 Å². The van der Waals surface area contributed by atoms with Crippen LogP contribution in [0.2, 0.25) is 0 Å². The first-order valence-electron chi connectivity index (χ1n) is 7.34. The molecular weight excluding hydrogens is 270 g/mol. The molecule has 2 heterocycles. The molecule has 0 spiro atoms. The summed E-state index contributed by atoms with van der Waals surface area (Å²) in [5, 5.41) is 9.46. The number of fused-ring (bicyclic) bond motifs is 1. The minimum absolute atomic E-state index is 0.0865. The van der Waals surface area contributed by atoms with Crippen molar-refractivity contribution >= 4 is 11.9 Å². The highest BCUT2D eigenvalue weighted by atomic mass is 16.5. The van der Waals surface area contributed by atoms with Gasteiger partial charge in [0.15, 0.2) is 0 Å². The summed E-state index contributed by atoms with van der Waals surface area (Å²) in [6.07, 6.45) is 2.02. The van der Waals surface area contributed by atoms with Gasteiger partial charge in [-0.15, -0.1) is 0 Å². The van der Waals surface area contributed by atoms with Crippen LogP contribution < -0.4 is 0 Å². The van der Waals surface area contributed by atoms with Crippen LogP contribution in [0.25, 0.3) is 0 Å². The number of benzene rings is 1. The molecule has 1 amide bonds. The summed E-state index contributed by atoms with van der Waals surface area (Å²) in [6, 6.07) is 6.97. The number of ether oxygens (including phenoxy) is 1. The van der Waals surface area contributed by atoms with Gasteiger partial charge in [0.2, 0.25) is 5.91 Å².